The summed E-state index contributed by atoms with van der Waals surface area (Å²) in [7, 11) is 0. The van der Waals surface area contributed by atoms with E-state index in [0.717, 1.165) is 25.0 Å². The van der Waals surface area contributed by atoms with Gasteiger partial charge in [-0.1, -0.05) is 0 Å². The number of aromatic nitrogens is 1. The first-order valence-corrected chi connectivity index (χ1v) is 6.78. The molecule has 0 amide bonds. The molecule has 22 heavy (non-hydrogen) atoms. The second-order valence-electron chi connectivity index (χ2n) is 5.13. The van der Waals surface area contributed by atoms with Crippen LogP contribution in [0.2, 0.25) is 0 Å². The molecule has 116 valence electrons. The van der Waals surface area contributed by atoms with Crippen LogP contribution in [0.3, 0.4) is 0 Å². The van der Waals surface area contributed by atoms with Crippen LogP contribution >= 0.6 is 0 Å². The average Bonchev–Trinajstić information content (AvgIpc) is 2.42. The molecule has 2 aromatic rings. The van der Waals surface area contributed by atoms with E-state index in [9.17, 15) is 23.1 Å². The van der Waals surface area contributed by atoms with E-state index < -0.39 is 18.1 Å². The summed E-state index contributed by atoms with van der Waals surface area (Å²) in [6, 6.07) is 3.50. The Hall–Kier alpha value is -2.31. The van der Waals surface area contributed by atoms with Gasteiger partial charge in [0.25, 0.3) is 0 Å². The topological polar surface area (TPSA) is 62.2 Å². The van der Waals surface area contributed by atoms with Crippen LogP contribution in [0, 0.1) is 0 Å². The number of fused-ring (bicyclic) bond motifs is 2. The minimum atomic E-state index is -4.84. The van der Waals surface area contributed by atoms with Crippen molar-refractivity contribution in [1.29, 1.82) is 0 Å². The van der Waals surface area contributed by atoms with Crippen molar-refractivity contribution in [1.82, 2.24) is 4.98 Å². The van der Waals surface area contributed by atoms with Crippen molar-refractivity contribution < 1.29 is 27.8 Å². The summed E-state index contributed by atoms with van der Waals surface area (Å²) in [5, 5.41) is 11.6. The van der Waals surface area contributed by atoms with E-state index in [1.54, 1.807) is 0 Å². The van der Waals surface area contributed by atoms with Crippen molar-refractivity contribution in [2.75, 3.05) is 0 Å². The molecule has 1 aliphatic rings. The van der Waals surface area contributed by atoms with Crippen LogP contribution in [0.15, 0.2) is 18.2 Å². The van der Waals surface area contributed by atoms with E-state index in [1.165, 1.54) is 6.07 Å². The fourth-order valence-corrected chi connectivity index (χ4v) is 2.83. The SMILES string of the molecule is O=C([O-])c1c2c(nc3ccc(OC(F)(F)F)cc13)CCCC2. The Labute approximate surface area is 123 Å². The first-order chi connectivity index (χ1) is 10.3. The summed E-state index contributed by atoms with van der Waals surface area (Å²) in [6.07, 6.45) is -1.91. The predicted octanol–water partition coefficient (Wildman–Crippen LogP) is 2.38. The van der Waals surface area contributed by atoms with Crippen LogP contribution in [0.5, 0.6) is 5.75 Å². The monoisotopic (exact) mass is 310 g/mol. The molecule has 3 rings (SSSR count). The number of ether oxygens (including phenoxy) is 1. The summed E-state index contributed by atoms with van der Waals surface area (Å²) in [6.45, 7) is 0. The molecule has 0 saturated carbocycles. The third-order valence-electron chi connectivity index (χ3n) is 3.67. The highest BCUT2D eigenvalue weighted by molar-refractivity contribution is 6.03. The number of nitrogens with zero attached hydrogens (tertiary/aromatic N) is 1. The van der Waals surface area contributed by atoms with Gasteiger partial charge >= 0.3 is 6.36 Å². The number of carboxylic acid groups (broad SMARTS) is 1. The van der Waals surface area contributed by atoms with Crippen LogP contribution in [-0.4, -0.2) is 17.3 Å². The highest BCUT2D eigenvalue weighted by Gasteiger charge is 2.31. The van der Waals surface area contributed by atoms with Gasteiger partial charge in [-0.15, -0.1) is 13.2 Å². The van der Waals surface area contributed by atoms with Gasteiger partial charge in [0.15, 0.2) is 0 Å². The van der Waals surface area contributed by atoms with Crippen LogP contribution < -0.4 is 9.84 Å². The van der Waals surface area contributed by atoms with Crippen LogP contribution in [0.4, 0.5) is 13.2 Å². The third-order valence-corrected chi connectivity index (χ3v) is 3.67. The van der Waals surface area contributed by atoms with Gasteiger partial charge < -0.3 is 14.6 Å². The number of hydrogen-bond donors (Lipinski definition) is 0. The first-order valence-electron chi connectivity index (χ1n) is 6.78. The number of carbonyl (C=O) groups excluding carboxylic acids is 1. The molecule has 1 aromatic heterocycles. The van der Waals surface area contributed by atoms with Gasteiger partial charge in [-0.25, -0.2) is 0 Å². The fourth-order valence-electron chi connectivity index (χ4n) is 2.83. The Morgan fingerprint density at radius 2 is 1.95 bits per heavy atom. The molecule has 0 N–H and O–H groups in total. The maximum Gasteiger partial charge on any atom is 0.573 e. The van der Waals surface area contributed by atoms with Gasteiger partial charge in [0, 0.05) is 16.6 Å². The summed E-state index contributed by atoms with van der Waals surface area (Å²) in [5.41, 5.74) is 1.49. The maximum absolute atomic E-state index is 12.3. The van der Waals surface area contributed by atoms with Crippen molar-refractivity contribution in [3.8, 4) is 5.75 Å². The minimum Gasteiger partial charge on any atom is -0.545 e. The Morgan fingerprint density at radius 1 is 1.23 bits per heavy atom. The van der Waals surface area contributed by atoms with Crippen molar-refractivity contribution in [3.63, 3.8) is 0 Å². The molecule has 0 spiro atoms. The Morgan fingerprint density at radius 3 is 2.64 bits per heavy atom. The summed E-state index contributed by atoms with van der Waals surface area (Å²) in [5.74, 6) is -1.88. The quantitative estimate of drug-likeness (QED) is 0.854. The van der Waals surface area contributed by atoms with Gasteiger partial charge in [0.05, 0.1) is 11.5 Å². The standard InChI is InChI=1S/C15H12F3NO3/c16-15(17,18)22-8-5-6-12-10(7-8)13(14(20)21)9-3-1-2-4-11(9)19-12/h5-7H,1-4H2,(H,20,21)/p-1. The number of aromatic carboxylic acids is 1. The molecule has 0 radical (unpaired) electrons. The maximum atomic E-state index is 12.3. The zero-order valence-corrected chi connectivity index (χ0v) is 11.4. The zero-order chi connectivity index (χ0) is 15.9. The molecule has 1 heterocycles. The Balaban J connectivity index is 2.22. The number of hydrogen-bond acceptors (Lipinski definition) is 4. The minimum absolute atomic E-state index is 0.0766. The molecule has 0 fully saturated rings. The number of pyridine rings is 1. The molecule has 4 nitrogen and oxygen atoms in total. The normalized spacial score (nSPS) is 14.7. The average molecular weight is 310 g/mol. The van der Waals surface area contributed by atoms with E-state index in [-0.39, 0.29) is 10.9 Å². The van der Waals surface area contributed by atoms with Gasteiger partial charge in [0.2, 0.25) is 0 Å². The second kappa shape index (κ2) is 5.15. The molecule has 0 atom stereocenters. The lowest BCUT2D eigenvalue weighted by Gasteiger charge is -2.21. The third kappa shape index (κ3) is 2.70. The number of carbonyl (C=O) groups is 1. The molecule has 1 aromatic carbocycles. The van der Waals surface area contributed by atoms with Gasteiger partial charge in [-0.2, -0.15) is 0 Å². The number of carboxylic acids is 1. The number of halogens is 3. The lowest BCUT2D eigenvalue weighted by molar-refractivity contribution is -0.274. The predicted molar refractivity (Wildman–Crippen MR) is 69.4 cm³/mol. The lowest BCUT2D eigenvalue weighted by Crippen LogP contribution is -2.26. The number of rotatable bonds is 2. The smallest absolute Gasteiger partial charge is 0.545 e. The van der Waals surface area contributed by atoms with Gasteiger partial charge in [-0.3, -0.25) is 4.98 Å². The van der Waals surface area contributed by atoms with Crippen LogP contribution in [-0.2, 0) is 12.8 Å². The molecule has 0 bridgehead atoms. The van der Waals surface area contributed by atoms with E-state index in [4.69, 9.17) is 0 Å². The largest absolute Gasteiger partial charge is 0.573 e. The van der Waals surface area contributed by atoms with Gasteiger partial charge in [-0.05, 0) is 49.4 Å². The second-order valence-corrected chi connectivity index (χ2v) is 5.13. The van der Waals surface area contributed by atoms with Gasteiger partial charge in [0.1, 0.15) is 5.75 Å². The fraction of sp³-hybridized carbons (Fsp3) is 0.333. The Kier molecular flexibility index (Phi) is 3.42. The summed E-state index contributed by atoms with van der Waals surface area (Å²) in [4.78, 5) is 15.8. The van der Waals surface area contributed by atoms with E-state index in [1.807, 2.05) is 0 Å². The Bertz CT molecular complexity index is 756. The molecule has 1 aliphatic carbocycles. The number of alkyl halides is 3. The lowest BCUT2D eigenvalue weighted by atomic mass is 9.90. The zero-order valence-electron chi connectivity index (χ0n) is 11.4. The highest BCUT2D eigenvalue weighted by atomic mass is 19.4. The van der Waals surface area contributed by atoms with Crippen molar-refractivity contribution in [2.45, 2.75) is 32.0 Å². The van der Waals surface area contributed by atoms with E-state index in [2.05, 4.69) is 9.72 Å². The van der Waals surface area contributed by atoms with Crippen molar-refractivity contribution in [3.05, 3.63) is 35.0 Å². The number of aryl methyl sites for hydroxylation is 1. The van der Waals surface area contributed by atoms with Crippen molar-refractivity contribution in [2.24, 2.45) is 0 Å². The molecular weight excluding hydrogens is 299 g/mol. The molecule has 7 heteroatoms. The van der Waals surface area contributed by atoms with Crippen molar-refractivity contribution >= 4 is 16.9 Å². The summed E-state index contributed by atoms with van der Waals surface area (Å²) >= 11 is 0. The van der Waals surface area contributed by atoms with E-state index >= 15 is 0 Å². The molecular formula is C15H11F3NO3-. The first kappa shape index (κ1) is 14.6. The molecule has 0 aliphatic heterocycles. The van der Waals surface area contributed by atoms with Crippen LogP contribution in [0.1, 0.15) is 34.5 Å². The summed E-state index contributed by atoms with van der Waals surface area (Å²) < 4.78 is 40.8. The highest BCUT2D eigenvalue weighted by Crippen LogP contribution is 2.32. The molecule has 0 saturated heterocycles. The van der Waals surface area contributed by atoms with Crippen LogP contribution in [0.25, 0.3) is 10.9 Å². The molecule has 0 unspecified atom stereocenters. The van der Waals surface area contributed by atoms with E-state index in [0.29, 0.717) is 29.6 Å². The number of benzene rings is 1.